The summed E-state index contributed by atoms with van der Waals surface area (Å²) in [5.41, 5.74) is 1.45. The molecule has 1 heterocycles. The molecule has 0 aliphatic rings. The molecule has 0 saturated heterocycles. The molecule has 2 aromatic carbocycles. The van der Waals surface area contributed by atoms with Crippen molar-refractivity contribution in [1.82, 2.24) is 0 Å². The van der Waals surface area contributed by atoms with Crippen molar-refractivity contribution in [3.63, 3.8) is 0 Å². The average molecular weight is 415 g/mol. The van der Waals surface area contributed by atoms with E-state index in [2.05, 4.69) is 5.32 Å². The Kier molecular flexibility index (Phi) is 5.61. The van der Waals surface area contributed by atoms with Gasteiger partial charge in [0, 0.05) is 34.7 Å². The van der Waals surface area contributed by atoms with E-state index in [0.29, 0.717) is 50.1 Å². The summed E-state index contributed by atoms with van der Waals surface area (Å²) in [6.07, 6.45) is 1.17. The van der Waals surface area contributed by atoms with Crippen LogP contribution in [-0.4, -0.2) is 17.0 Å². The third kappa shape index (κ3) is 4.06. The van der Waals surface area contributed by atoms with Crippen LogP contribution in [0.4, 0.5) is 5.69 Å². The molecule has 0 spiro atoms. The van der Waals surface area contributed by atoms with Crippen molar-refractivity contribution >= 4 is 74.3 Å². The molecule has 5 nitrogen and oxygen atoms in total. The topological polar surface area (TPSA) is 79.5 Å². The van der Waals surface area contributed by atoms with Crippen LogP contribution in [0.5, 0.6) is 0 Å². The Balaban J connectivity index is 1.88. The van der Waals surface area contributed by atoms with Crippen LogP contribution in [0.3, 0.4) is 0 Å². The molecule has 0 fully saturated rings. The van der Waals surface area contributed by atoms with E-state index in [4.69, 9.17) is 44.3 Å². The number of carbonyl (C=O) groups excluding carboxylic acids is 1. The first-order chi connectivity index (χ1) is 12.3. The zero-order valence-electron chi connectivity index (χ0n) is 13.4. The third-order valence-corrected chi connectivity index (χ3v) is 4.84. The summed E-state index contributed by atoms with van der Waals surface area (Å²) in [6.45, 7) is 0. The molecule has 2 N–H and O–H groups in total. The van der Waals surface area contributed by atoms with Crippen molar-refractivity contribution in [3.8, 4) is 0 Å². The average Bonchev–Trinajstić information content (AvgIpc) is 2.90. The van der Waals surface area contributed by atoms with Crippen LogP contribution in [-0.2, 0) is 9.59 Å². The van der Waals surface area contributed by atoms with E-state index < -0.39 is 5.97 Å². The van der Waals surface area contributed by atoms with Gasteiger partial charge in [0.05, 0.1) is 15.7 Å². The molecule has 8 heteroatoms. The van der Waals surface area contributed by atoms with E-state index in [0.717, 1.165) is 5.39 Å². The number of benzene rings is 2. The predicted octanol–water partition coefficient (Wildman–Crippen LogP) is 6.13. The third-order valence-electron chi connectivity index (χ3n) is 3.90. The van der Waals surface area contributed by atoms with Crippen molar-refractivity contribution < 1.29 is 19.1 Å². The minimum atomic E-state index is -0.874. The van der Waals surface area contributed by atoms with Gasteiger partial charge in [-0.05, 0) is 31.0 Å². The number of hydrogen-bond donors (Lipinski definition) is 2. The van der Waals surface area contributed by atoms with Crippen LogP contribution in [0.15, 0.2) is 28.7 Å². The molecule has 0 bridgehead atoms. The number of unbranched alkanes of at least 4 members (excludes halogenated alkanes) is 1. The number of hydrogen-bond acceptors (Lipinski definition) is 3. The zero-order valence-corrected chi connectivity index (χ0v) is 15.7. The monoisotopic (exact) mass is 413 g/mol. The van der Waals surface area contributed by atoms with Crippen LogP contribution in [0.25, 0.3) is 21.9 Å². The van der Waals surface area contributed by atoms with Gasteiger partial charge < -0.3 is 14.8 Å². The number of nitrogens with one attached hydrogen (secondary N) is 1. The summed E-state index contributed by atoms with van der Waals surface area (Å²) in [7, 11) is 0. The highest BCUT2D eigenvalue weighted by atomic mass is 35.5. The number of anilines is 1. The van der Waals surface area contributed by atoms with E-state index in [9.17, 15) is 9.59 Å². The first-order valence-corrected chi connectivity index (χ1v) is 9.01. The van der Waals surface area contributed by atoms with Crippen molar-refractivity contribution in [2.24, 2.45) is 0 Å². The zero-order chi connectivity index (χ0) is 18.8. The first kappa shape index (κ1) is 18.8. The first-order valence-electron chi connectivity index (χ1n) is 7.87. The lowest BCUT2D eigenvalue weighted by Gasteiger charge is -2.06. The summed E-state index contributed by atoms with van der Waals surface area (Å²) < 4.78 is 5.84. The molecule has 0 unspecified atom stereocenters. The fourth-order valence-corrected chi connectivity index (χ4v) is 3.24. The summed E-state index contributed by atoms with van der Waals surface area (Å²) >= 11 is 18.3. The number of furan rings is 1. The van der Waals surface area contributed by atoms with Gasteiger partial charge in [0.15, 0.2) is 5.58 Å². The van der Waals surface area contributed by atoms with Crippen molar-refractivity contribution in [2.45, 2.75) is 25.7 Å². The number of carboxylic acids is 1. The van der Waals surface area contributed by atoms with E-state index >= 15 is 0 Å². The lowest BCUT2D eigenvalue weighted by molar-refractivity contribution is -0.137. The number of carbonyl (C=O) groups is 2. The molecule has 1 aromatic heterocycles. The molecular weight excluding hydrogens is 401 g/mol. The summed E-state index contributed by atoms with van der Waals surface area (Å²) in [5.74, 6) is -1.11. The number of carboxylic acid groups (broad SMARTS) is 1. The summed E-state index contributed by atoms with van der Waals surface area (Å²) in [4.78, 5) is 22.7. The molecule has 0 atom stereocenters. The van der Waals surface area contributed by atoms with Gasteiger partial charge in [-0.3, -0.25) is 9.59 Å². The maximum Gasteiger partial charge on any atom is 0.303 e. The molecular formula is C18H14Cl3NO4. The Morgan fingerprint density at radius 2 is 1.65 bits per heavy atom. The highest BCUT2D eigenvalue weighted by molar-refractivity contribution is 6.43. The van der Waals surface area contributed by atoms with Gasteiger partial charge in [-0.15, -0.1) is 0 Å². The van der Waals surface area contributed by atoms with Gasteiger partial charge >= 0.3 is 5.97 Å². The van der Waals surface area contributed by atoms with Crippen LogP contribution in [0.2, 0.25) is 15.1 Å². The SMILES string of the molecule is O=C(O)CCCCC(=O)Nc1cc(Cl)cc2c1oc1cc(Cl)c(Cl)cc12. The van der Waals surface area contributed by atoms with E-state index in [1.807, 2.05) is 0 Å². The second-order valence-electron chi connectivity index (χ2n) is 5.84. The Hall–Kier alpha value is -1.95. The summed E-state index contributed by atoms with van der Waals surface area (Å²) in [6, 6.07) is 6.64. The number of fused-ring (bicyclic) bond motifs is 3. The van der Waals surface area contributed by atoms with Crippen LogP contribution >= 0.6 is 34.8 Å². The van der Waals surface area contributed by atoms with E-state index in [1.54, 1.807) is 24.3 Å². The predicted molar refractivity (Wildman–Crippen MR) is 103 cm³/mol. The van der Waals surface area contributed by atoms with Crippen LogP contribution < -0.4 is 5.32 Å². The second kappa shape index (κ2) is 7.74. The van der Waals surface area contributed by atoms with Gasteiger partial charge in [-0.25, -0.2) is 0 Å². The molecule has 136 valence electrons. The Bertz CT molecular complexity index is 1010. The van der Waals surface area contributed by atoms with Crippen molar-refractivity contribution in [2.75, 3.05) is 5.32 Å². The molecule has 0 aliphatic heterocycles. The van der Waals surface area contributed by atoms with Gasteiger partial charge in [-0.1, -0.05) is 34.8 Å². The maximum atomic E-state index is 12.2. The molecule has 0 saturated carbocycles. The largest absolute Gasteiger partial charge is 0.481 e. The number of amides is 1. The molecule has 1 amide bonds. The number of aliphatic carboxylic acids is 1. The molecule has 3 aromatic rings. The highest BCUT2D eigenvalue weighted by Crippen LogP contribution is 2.39. The number of rotatable bonds is 6. The van der Waals surface area contributed by atoms with Gasteiger partial charge in [0.1, 0.15) is 5.58 Å². The quantitative estimate of drug-likeness (QED) is 0.475. The smallest absolute Gasteiger partial charge is 0.303 e. The second-order valence-corrected chi connectivity index (χ2v) is 7.09. The molecule has 26 heavy (non-hydrogen) atoms. The Labute approximate surface area is 163 Å². The minimum Gasteiger partial charge on any atom is -0.481 e. The molecule has 0 radical (unpaired) electrons. The Morgan fingerprint density at radius 1 is 0.962 bits per heavy atom. The number of halogens is 3. The van der Waals surface area contributed by atoms with E-state index in [-0.39, 0.29) is 18.7 Å². The highest BCUT2D eigenvalue weighted by Gasteiger charge is 2.16. The lowest BCUT2D eigenvalue weighted by atomic mass is 10.1. The minimum absolute atomic E-state index is 0.0415. The fourth-order valence-electron chi connectivity index (χ4n) is 2.70. The Morgan fingerprint density at radius 3 is 2.38 bits per heavy atom. The van der Waals surface area contributed by atoms with Crippen molar-refractivity contribution in [1.29, 1.82) is 0 Å². The standard InChI is InChI=1S/C18H14Cl3NO4/c19-9-5-11-10-7-12(20)13(21)8-15(10)26-18(11)14(6-9)22-16(23)3-1-2-4-17(24)25/h5-8H,1-4H2,(H,22,23)(H,24,25). The maximum absolute atomic E-state index is 12.2. The normalized spacial score (nSPS) is 11.2. The van der Waals surface area contributed by atoms with Gasteiger partial charge in [-0.2, -0.15) is 0 Å². The van der Waals surface area contributed by atoms with Crippen LogP contribution in [0.1, 0.15) is 25.7 Å². The van der Waals surface area contributed by atoms with E-state index in [1.165, 1.54) is 0 Å². The van der Waals surface area contributed by atoms with Crippen LogP contribution in [0, 0.1) is 0 Å². The molecule has 3 rings (SSSR count). The lowest BCUT2D eigenvalue weighted by Crippen LogP contribution is -2.11. The molecule has 0 aliphatic carbocycles. The van der Waals surface area contributed by atoms with Gasteiger partial charge in [0.2, 0.25) is 5.91 Å². The van der Waals surface area contributed by atoms with Crippen molar-refractivity contribution in [3.05, 3.63) is 39.3 Å². The fraction of sp³-hybridized carbons (Fsp3) is 0.222. The van der Waals surface area contributed by atoms with Gasteiger partial charge in [0.25, 0.3) is 0 Å². The summed E-state index contributed by atoms with van der Waals surface area (Å²) in [5, 5.41) is 14.1.